The average molecular weight is 348 g/mol. The molecule has 132 valence electrons. The number of amides is 3. The Bertz CT molecular complexity index is 887. The van der Waals surface area contributed by atoms with E-state index in [1.165, 1.54) is 10.5 Å². The van der Waals surface area contributed by atoms with Crippen LogP contribution in [0.15, 0.2) is 48.5 Å². The lowest BCUT2D eigenvalue weighted by Crippen LogP contribution is -2.31. The van der Waals surface area contributed by atoms with Gasteiger partial charge in [-0.3, -0.25) is 19.3 Å². The minimum Gasteiger partial charge on any atom is -0.341 e. The molecular formula is C21H20N2O3. The fraction of sp³-hybridized carbons (Fsp3) is 0.286. The molecular weight excluding hydrogens is 328 g/mol. The molecule has 26 heavy (non-hydrogen) atoms. The van der Waals surface area contributed by atoms with E-state index in [9.17, 15) is 14.4 Å². The van der Waals surface area contributed by atoms with Gasteiger partial charge in [-0.25, -0.2) is 0 Å². The molecule has 0 saturated heterocycles. The molecule has 0 unspecified atom stereocenters. The molecule has 2 aromatic carbocycles. The molecule has 5 heteroatoms. The number of likely N-dealkylation sites (N-methyl/N-ethyl adjacent to an activating group) is 1. The van der Waals surface area contributed by atoms with E-state index in [1.54, 1.807) is 30.1 Å². The molecule has 0 spiro atoms. The maximum atomic E-state index is 12.7. The Morgan fingerprint density at radius 3 is 2.42 bits per heavy atom. The number of rotatable bonds is 5. The van der Waals surface area contributed by atoms with Crippen molar-refractivity contribution in [2.45, 2.75) is 25.3 Å². The van der Waals surface area contributed by atoms with Crippen LogP contribution in [0.1, 0.15) is 49.5 Å². The van der Waals surface area contributed by atoms with E-state index < -0.39 is 0 Å². The van der Waals surface area contributed by atoms with Crippen LogP contribution >= 0.6 is 0 Å². The van der Waals surface area contributed by atoms with Crippen LogP contribution in [0.4, 0.5) is 0 Å². The third-order valence-corrected chi connectivity index (χ3v) is 5.00. The lowest BCUT2D eigenvalue weighted by atomic mass is 10.0. The molecule has 1 fully saturated rings. The van der Waals surface area contributed by atoms with Crippen molar-refractivity contribution in [3.05, 3.63) is 70.8 Å². The Morgan fingerprint density at radius 1 is 1.04 bits per heavy atom. The molecule has 3 amide bonds. The Hall–Kier alpha value is -2.95. The molecule has 1 saturated carbocycles. The van der Waals surface area contributed by atoms with E-state index >= 15 is 0 Å². The fourth-order valence-corrected chi connectivity index (χ4v) is 3.32. The lowest BCUT2D eigenvalue weighted by molar-refractivity contribution is 0.0642. The fourth-order valence-electron chi connectivity index (χ4n) is 3.32. The van der Waals surface area contributed by atoms with Gasteiger partial charge in [-0.05, 0) is 43.0 Å². The molecule has 0 aromatic heterocycles. The van der Waals surface area contributed by atoms with Crippen molar-refractivity contribution in [2.75, 3.05) is 13.6 Å². The van der Waals surface area contributed by atoms with E-state index in [4.69, 9.17) is 0 Å². The highest BCUT2D eigenvalue weighted by molar-refractivity contribution is 6.22. The van der Waals surface area contributed by atoms with Gasteiger partial charge < -0.3 is 4.90 Å². The summed E-state index contributed by atoms with van der Waals surface area (Å²) in [7, 11) is 1.75. The minimum absolute atomic E-state index is 0.0371. The largest absolute Gasteiger partial charge is 0.341 e. The topological polar surface area (TPSA) is 57.7 Å². The van der Waals surface area contributed by atoms with Gasteiger partial charge in [0, 0.05) is 25.2 Å². The summed E-state index contributed by atoms with van der Waals surface area (Å²) in [5.41, 5.74) is 2.37. The summed E-state index contributed by atoms with van der Waals surface area (Å²) in [4.78, 5) is 40.6. The SMILES string of the molecule is CN(CCc1ccccc1)C(=O)c1ccc2c(c1)C(=O)N(C1CC1)C2=O. The first-order chi connectivity index (χ1) is 12.6. The van der Waals surface area contributed by atoms with Gasteiger partial charge in [0.2, 0.25) is 0 Å². The summed E-state index contributed by atoms with van der Waals surface area (Å²) in [5, 5.41) is 0. The number of benzene rings is 2. The smallest absolute Gasteiger partial charge is 0.261 e. The minimum atomic E-state index is -0.269. The second-order valence-corrected chi connectivity index (χ2v) is 6.93. The first-order valence-electron chi connectivity index (χ1n) is 8.87. The van der Waals surface area contributed by atoms with E-state index in [0.29, 0.717) is 23.2 Å². The molecule has 1 aliphatic heterocycles. The van der Waals surface area contributed by atoms with Crippen LogP contribution in [0.3, 0.4) is 0 Å². The van der Waals surface area contributed by atoms with E-state index in [2.05, 4.69) is 0 Å². The maximum Gasteiger partial charge on any atom is 0.261 e. The van der Waals surface area contributed by atoms with Crippen molar-refractivity contribution in [3.8, 4) is 0 Å². The Morgan fingerprint density at radius 2 is 1.73 bits per heavy atom. The number of nitrogens with zero attached hydrogens (tertiary/aromatic N) is 2. The van der Waals surface area contributed by atoms with Gasteiger partial charge in [-0.1, -0.05) is 30.3 Å². The molecule has 0 N–H and O–H groups in total. The zero-order valence-corrected chi connectivity index (χ0v) is 14.6. The molecule has 2 aromatic rings. The van der Waals surface area contributed by atoms with Crippen LogP contribution in [0.5, 0.6) is 0 Å². The maximum absolute atomic E-state index is 12.7. The zero-order chi connectivity index (χ0) is 18.3. The second kappa shape index (κ2) is 6.41. The van der Waals surface area contributed by atoms with Gasteiger partial charge in [0.15, 0.2) is 0 Å². The summed E-state index contributed by atoms with van der Waals surface area (Å²) in [6.07, 6.45) is 2.51. The molecule has 4 rings (SSSR count). The molecule has 1 aliphatic carbocycles. The molecule has 0 atom stereocenters. The van der Waals surface area contributed by atoms with Crippen molar-refractivity contribution in [2.24, 2.45) is 0 Å². The van der Waals surface area contributed by atoms with Gasteiger partial charge in [0.1, 0.15) is 0 Å². The van der Waals surface area contributed by atoms with Crippen molar-refractivity contribution >= 4 is 17.7 Å². The highest BCUT2D eigenvalue weighted by atomic mass is 16.2. The predicted molar refractivity (Wildman–Crippen MR) is 97.1 cm³/mol. The van der Waals surface area contributed by atoms with Crippen LogP contribution in [0, 0.1) is 0 Å². The first-order valence-corrected chi connectivity index (χ1v) is 8.87. The monoisotopic (exact) mass is 348 g/mol. The molecule has 2 aliphatic rings. The van der Waals surface area contributed by atoms with Gasteiger partial charge in [-0.15, -0.1) is 0 Å². The van der Waals surface area contributed by atoms with Crippen LogP contribution in [0.2, 0.25) is 0 Å². The Labute approximate surface area is 152 Å². The highest BCUT2D eigenvalue weighted by Gasteiger charge is 2.44. The number of hydrogen-bond donors (Lipinski definition) is 0. The van der Waals surface area contributed by atoms with Crippen LogP contribution < -0.4 is 0 Å². The standard InChI is InChI=1S/C21H20N2O3/c1-22(12-11-14-5-3-2-4-6-14)19(24)15-7-10-17-18(13-15)21(26)23(20(17)25)16-8-9-16/h2-7,10,13,16H,8-9,11-12H2,1H3. The van der Waals surface area contributed by atoms with E-state index in [1.807, 2.05) is 30.3 Å². The normalized spacial score (nSPS) is 16.0. The quantitative estimate of drug-likeness (QED) is 0.781. The summed E-state index contributed by atoms with van der Waals surface area (Å²) >= 11 is 0. The van der Waals surface area contributed by atoms with Crippen molar-refractivity contribution < 1.29 is 14.4 Å². The van der Waals surface area contributed by atoms with Crippen molar-refractivity contribution in [1.29, 1.82) is 0 Å². The number of imide groups is 1. The van der Waals surface area contributed by atoms with Crippen LogP contribution in [0.25, 0.3) is 0 Å². The van der Waals surface area contributed by atoms with Crippen LogP contribution in [-0.4, -0.2) is 47.2 Å². The average Bonchev–Trinajstić information content (AvgIpc) is 3.47. The molecule has 0 bridgehead atoms. The third-order valence-electron chi connectivity index (χ3n) is 5.00. The van der Waals surface area contributed by atoms with Crippen molar-refractivity contribution in [1.82, 2.24) is 9.80 Å². The van der Waals surface area contributed by atoms with Gasteiger partial charge >= 0.3 is 0 Å². The van der Waals surface area contributed by atoms with Gasteiger partial charge in [0.25, 0.3) is 17.7 Å². The molecule has 1 heterocycles. The molecule has 5 nitrogen and oxygen atoms in total. The summed E-state index contributed by atoms with van der Waals surface area (Å²) in [5.74, 6) is -0.646. The number of carbonyl (C=O) groups excluding carboxylic acids is 3. The number of carbonyl (C=O) groups is 3. The van der Waals surface area contributed by atoms with E-state index in [-0.39, 0.29) is 23.8 Å². The van der Waals surface area contributed by atoms with Crippen LogP contribution in [-0.2, 0) is 6.42 Å². The van der Waals surface area contributed by atoms with Gasteiger partial charge in [0.05, 0.1) is 11.1 Å². The zero-order valence-electron chi connectivity index (χ0n) is 14.6. The Kier molecular flexibility index (Phi) is 4.07. The number of fused-ring (bicyclic) bond motifs is 1. The van der Waals surface area contributed by atoms with Crippen molar-refractivity contribution in [3.63, 3.8) is 0 Å². The summed E-state index contributed by atoms with van der Waals surface area (Å²) in [6, 6.07) is 14.8. The first kappa shape index (κ1) is 16.5. The predicted octanol–water partition coefficient (Wildman–Crippen LogP) is 2.76. The van der Waals surface area contributed by atoms with Gasteiger partial charge in [-0.2, -0.15) is 0 Å². The highest BCUT2D eigenvalue weighted by Crippen LogP contribution is 2.35. The molecule has 0 radical (unpaired) electrons. The third kappa shape index (κ3) is 2.90. The Balaban J connectivity index is 1.49. The summed E-state index contributed by atoms with van der Waals surface area (Å²) in [6.45, 7) is 0.584. The summed E-state index contributed by atoms with van der Waals surface area (Å²) < 4.78 is 0. The lowest BCUT2D eigenvalue weighted by Gasteiger charge is -2.17. The second-order valence-electron chi connectivity index (χ2n) is 6.93. The van der Waals surface area contributed by atoms with E-state index in [0.717, 1.165) is 19.3 Å². The number of hydrogen-bond acceptors (Lipinski definition) is 3.